The van der Waals surface area contributed by atoms with Crippen LogP contribution in [0.4, 0.5) is 0 Å². The predicted octanol–water partition coefficient (Wildman–Crippen LogP) is 0.0250. The largest absolute Gasteiger partial charge is 0.480 e. The molecule has 0 atom stereocenters. The lowest BCUT2D eigenvalue weighted by Crippen LogP contribution is -2.24. The average molecular weight is 240 g/mol. The van der Waals surface area contributed by atoms with Crippen molar-refractivity contribution in [1.82, 2.24) is 20.3 Å². The van der Waals surface area contributed by atoms with E-state index in [0.29, 0.717) is 18.0 Å². The topological polar surface area (TPSA) is 97.1 Å². The lowest BCUT2D eigenvalue weighted by atomic mass is 10.1. The number of aliphatic carboxylic acids is 1. The highest BCUT2D eigenvalue weighted by Crippen LogP contribution is 1.99. The summed E-state index contributed by atoms with van der Waals surface area (Å²) in [6.45, 7) is 3.96. The van der Waals surface area contributed by atoms with Gasteiger partial charge in [-0.25, -0.2) is 4.68 Å². The number of nitrogens with one attached hydrogen (secondary N) is 1. The Kier molecular flexibility index (Phi) is 4.62. The molecule has 0 unspecified atom stereocenters. The van der Waals surface area contributed by atoms with Gasteiger partial charge in [0.15, 0.2) is 0 Å². The van der Waals surface area contributed by atoms with Gasteiger partial charge in [-0.3, -0.25) is 9.59 Å². The van der Waals surface area contributed by atoms with Crippen LogP contribution in [0.1, 0.15) is 26.0 Å². The Morgan fingerprint density at radius 3 is 2.82 bits per heavy atom. The number of carbonyl (C=O) groups is 2. The fraction of sp³-hybridized carbons (Fsp3) is 0.600. The lowest BCUT2D eigenvalue weighted by molar-refractivity contribution is -0.138. The molecule has 0 aliphatic rings. The molecule has 0 spiro atoms. The van der Waals surface area contributed by atoms with Crippen molar-refractivity contribution in [2.24, 2.45) is 5.92 Å². The number of nitrogens with zero attached hydrogens (tertiary/aromatic N) is 3. The minimum absolute atomic E-state index is 0.0483. The summed E-state index contributed by atoms with van der Waals surface area (Å²) < 4.78 is 1.21. The number of carboxylic acid groups (broad SMARTS) is 1. The molecule has 0 aliphatic heterocycles. The second-order valence-electron chi connectivity index (χ2n) is 4.18. The quantitative estimate of drug-likeness (QED) is 0.730. The molecular weight excluding hydrogens is 224 g/mol. The van der Waals surface area contributed by atoms with Gasteiger partial charge >= 0.3 is 5.97 Å². The SMILES string of the molecule is CC(C)CC(=O)NCc1cn(CC(=O)O)nn1. The normalized spacial score (nSPS) is 10.5. The highest BCUT2D eigenvalue weighted by atomic mass is 16.4. The molecule has 0 aliphatic carbocycles. The van der Waals surface area contributed by atoms with Crippen LogP contribution in [0.15, 0.2) is 6.20 Å². The van der Waals surface area contributed by atoms with Gasteiger partial charge in [-0.1, -0.05) is 19.1 Å². The summed E-state index contributed by atoms with van der Waals surface area (Å²) in [5.41, 5.74) is 0.545. The molecule has 7 nitrogen and oxygen atoms in total. The monoisotopic (exact) mass is 240 g/mol. The van der Waals surface area contributed by atoms with Crippen LogP contribution in [0.3, 0.4) is 0 Å². The minimum Gasteiger partial charge on any atom is -0.480 e. The second-order valence-corrected chi connectivity index (χ2v) is 4.18. The van der Waals surface area contributed by atoms with E-state index in [-0.39, 0.29) is 19.0 Å². The molecule has 1 rings (SSSR count). The second kappa shape index (κ2) is 5.97. The van der Waals surface area contributed by atoms with E-state index in [2.05, 4.69) is 15.6 Å². The Morgan fingerprint density at radius 1 is 1.53 bits per heavy atom. The Bertz CT molecular complexity index is 400. The summed E-state index contributed by atoms with van der Waals surface area (Å²) in [6, 6.07) is 0. The lowest BCUT2D eigenvalue weighted by Gasteiger charge is -2.04. The van der Waals surface area contributed by atoms with E-state index in [9.17, 15) is 9.59 Å². The first-order valence-electron chi connectivity index (χ1n) is 5.35. The third kappa shape index (κ3) is 5.10. The molecule has 0 saturated carbocycles. The average Bonchev–Trinajstić information content (AvgIpc) is 2.60. The van der Waals surface area contributed by atoms with E-state index in [4.69, 9.17) is 5.11 Å². The van der Waals surface area contributed by atoms with Crippen LogP contribution in [0.25, 0.3) is 0 Å². The Hall–Kier alpha value is -1.92. The first-order valence-corrected chi connectivity index (χ1v) is 5.35. The number of aromatic nitrogens is 3. The molecule has 7 heteroatoms. The van der Waals surface area contributed by atoms with E-state index in [0.717, 1.165) is 0 Å². The summed E-state index contributed by atoms with van der Waals surface area (Å²) in [5, 5.41) is 18.6. The highest BCUT2D eigenvalue weighted by Gasteiger charge is 2.07. The molecule has 2 N–H and O–H groups in total. The van der Waals surface area contributed by atoms with E-state index in [1.165, 1.54) is 10.9 Å². The van der Waals surface area contributed by atoms with Gasteiger partial charge in [0.1, 0.15) is 12.2 Å². The number of hydrogen-bond donors (Lipinski definition) is 2. The maximum Gasteiger partial charge on any atom is 0.325 e. The van der Waals surface area contributed by atoms with Gasteiger partial charge in [0.25, 0.3) is 0 Å². The van der Waals surface area contributed by atoms with Crippen LogP contribution in [0.5, 0.6) is 0 Å². The summed E-state index contributed by atoms with van der Waals surface area (Å²) in [6.07, 6.45) is 1.97. The van der Waals surface area contributed by atoms with Crippen LogP contribution in [-0.4, -0.2) is 32.0 Å². The Morgan fingerprint density at radius 2 is 2.24 bits per heavy atom. The first-order chi connectivity index (χ1) is 7.97. The van der Waals surface area contributed by atoms with Crippen LogP contribution >= 0.6 is 0 Å². The molecule has 94 valence electrons. The summed E-state index contributed by atoms with van der Waals surface area (Å²) in [5.74, 6) is -0.726. The molecule has 0 fully saturated rings. The molecule has 1 aromatic rings. The fourth-order valence-corrected chi connectivity index (χ4v) is 1.27. The van der Waals surface area contributed by atoms with Gasteiger partial charge in [-0.15, -0.1) is 5.10 Å². The zero-order valence-electron chi connectivity index (χ0n) is 9.88. The molecule has 1 heterocycles. The van der Waals surface area contributed by atoms with Gasteiger partial charge in [0.2, 0.25) is 5.91 Å². The van der Waals surface area contributed by atoms with Gasteiger partial charge in [-0.05, 0) is 5.92 Å². The van der Waals surface area contributed by atoms with E-state index in [1.54, 1.807) is 0 Å². The molecular formula is C10H16N4O3. The van der Waals surface area contributed by atoms with Crippen molar-refractivity contribution >= 4 is 11.9 Å². The van der Waals surface area contributed by atoms with Crippen molar-refractivity contribution in [3.63, 3.8) is 0 Å². The third-order valence-electron chi connectivity index (χ3n) is 1.94. The van der Waals surface area contributed by atoms with E-state index < -0.39 is 5.97 Å². The minimum atomic E-state index is -0.981. The molecule has 17 heavy (non-hydrogen) atoms. The standard InChI is InChI=1S/C10H16N4O3/c1-7(2)3-9(15)11-4-8-5-14(13-12-8)6-10(16)17/h5,7H,3-4,6H2,1-2H3,(H,11,15)(H,16,17). The molecule has 1 amide bonds. The Balaban J connectivity index is 2.39. The van der Waals surface area contributed by atoms with Gasteiger partial charge in [-0.2, -0.15) is 0 Å². The van der Waals surface area contributed by atoms with Crippen molar-refractivity contribution in [3.8, 4) is 0 Å². The number of rotatable bonds is 6. The number of carboxylic acids is 1. The maximum atomic E-state index is 11.4. The molecule has 1 aromatic heterocycles. The third-order valence-corrected chi connectivity index (χ3v) is 1.94. The van der Waals surface area contributed by atoms with Crippen molar-refractivity contribution < 1.29 is 14.7 Å². The van der Waals surface area contributed by atoms with Crippen molar-refractivity contribution in [2.45, 2.75) is 33.4 Å². The fourth-order valence-electron chi connectivity index (χ4n) is 1.27. The molecule has 0 bridgehead atoms. The van der Waals surface area contributed by atoms with Crippen molar-refractivity contribution in [2.75, 3.05) is 0 Å². The van der Waals surface area contributed by atoms with Gasteiger partial charge in [0.05, 0.1) is 12.7 Å². The van der Waals surface area contributed by atoms with Gasteiger partial charge in [0, 0.05) is 6.42 Å². The maximum absolute atomic E-state index is 11.4. The van der Waals surface area contributed by atoms with E-state index in [1.807, 2.05) is 13.8 Å². The summed E-state index contributed by atoms with van der Waals surface area (Å²) in [7, 11) is 0. The van der Waals surface area contributed by atoms with Crippen LogP contribution in [-0.2, 0) is 22.7 Å². The number of carbonyl (C=O) groups excluding carboxylic acids is 1. The first kappa shape index (κ1) is 13.1. The molecule has 0 saturated heterocycles. The summed E-state index contributed by atoms with van der Waals surface area (Å²) in [4.78, 5) is 21.8. The smallest absolute Gasteiger partial charge is 0.325 e. The molecule has 0 radical (unpaired) electrons. The zero-order chi connectivity index (χ0) is 12.8. The van der Waals surface area contributed by atoms with Crippen LogP contribution in [0, 0.1) is 5.92 Å². The van der Waals surface area contributed by atoms with Crippen LogP contribution in [0.2, 0.25) is 0 Å². The Labute approximate surface area is 98.8 Å². The van der Waals surface area contributed by atoms with Gasteiger partial charge < -0.3 is 10.4 Å². The van der Waals surface area contributed by atoms with Crippen LogP contribution < -0.4 is 5.32 Å². The molecule has 0 aromatic carbocycles. The summed E-state index contributed by atoms with van der Waals surface area (Å²) >= 11 is 0. The highest BCUT2D eigenvalue weighted by molar-refractivity contribution is 5.75. The predicted molar refractivity (Wildman–Crippen MR) is 59.0 cm³/mol. The van der Waals surface area contributed by atoms with E-state index >= 15 is 0 Å². The van der Waals surface area contributed by atoms with Crippen molar-refractivity contribution in [3.05, 3.63) is 11.9 Å². The van der Waals surface area contributed by atoms with Crippen molar-refractivity contribution in [1.29, 1.82) is 0 Å². The zero-order valence-corrected chi connectivity index (χ0v) is 9.88. The number of amides is 1. The number of hydrogen-bond acceptors (Lipinski definition) is 4.